The van der Waals surface area contributed by atoms with Crippen LogP contribution in [0.1, 0.15) is 0 Å². The highest BCUT2D eigenvalue weighted by molar-refractivity contribution is 6.36. The molecule has 0 radical (unpaired) electrons. The van der Waals surface area contributed by atoms with Crippen molar-refractivity contribution >= 4 is 87.0 Å². The minimum atomic E-state index is 0.869. The Labute approximate surface area is 263 Å². The summed E-state index contributed by atoms with van der Waals surface area (Å²) in [5.74, 6) is 0. The summed E-state index contributed by atoms with van der Waals surface area (Å²) >= 11 is 0. The second-order valence-electron chi connectivity index (χ2n) is 12.4. The topological polar surface area (TPSA) is 22.6 Å². The van der Waals surface area contributed by atoms with Crippen LogP contribution in [0.4, 0.5) is 0 Å². The van der Waals surface area contributed by atoms with Gasteiger partial charge in [-0.1, -0.05) is 121 Å². The molecule has 2 nitrogen and oxygen atoms in total. The predicted molar refractivity (Wildman–Crippen MR) is 193 cm³/mol. The average Bonchev–Trinajstić information content (AvgIpc) is 3.12. The Hall–Kier alpha value is -6.12. The molecule has 210 valence electrons. The van der Waals surface area contributed by atoms with Gasteiger partial charge >= 0.3 is 22.3 Å². The van der Waals surface area contributed by atoms with Crippen LogP contribution in [0.25, 0.3) is 109 Å². The number of hydrogen-bond donors (Lipinski definition) is 0. The van der Waals surface area contributed by atoms with E-state index in [1.165, 1.54) is 43.1 Å². The summed E-state index contributed by atoms with van der Waals surface area (Å²) < 4.78 is 14.4. The van der Waals surface area contributed by atoms with Gasteiger partial charge in [0.25, 0.3) is 0 Å². The van der Waals surface area contributed by atoms with Crippen molar-refractivity contribution in [1.29, 1.82) is 0 Å². The molecule has 11 rings (SSSR count). The first-order valence-corrected chi connectivity index (χ1v) is 15.8. The fourth-order valence-corrected chi connectivity index (χ4v) is 8.09. The lowest BCUT2D eigenvalue weighted by atomic mass is 9.85. The Morgan fingerprint density at radius 3 is 1.09 bits per heavy atom. The van der Waals surface area contributed by atoms with Crippen molar-refractivity contribution in [2.45, 2.75) is 0 Å². The molecule has 11 aromatic rings. The van der Waals surface area contributed by atoms with E-state index in [0.717, 1.165) is 66.1 Å². The van der Waals surface area contributed by atoms with E-state index < -0.39 is 0 Å². The smallest absolute Gasteiger partial charge is 0.206 e. The Bertz CT molecular complexity index is 2760. The lowest BCUT2D eigenvalue weighted by molar-refractivity contribution is 0.656. The molecule has 0 saturated carbocycles. The van der Waals surface area contributed by atoms with E-state index >= 15 is 0 Å². The van der Waals surface area contributed by atoms with Gasteiger partial charge < -0.3 is 0 Å². The Morgan fingerprint density at radius 2 is 0.674 bits per heavy atom. The summed E-state index contributed by atoms with van der Waals surface area (Å²) in [5, 5.41) is 14.1. The molecular weight excluding hydrogens is 560 g/mol. The molecule has 0 amide bonds. The summed E-state index contributed by atoms with van der Waals surface area (Å²) in [6, 6.07) is 52.1. The molecule has 0 atom stereocenters. The molecule has 0 aliphatic rings. The predicted octanol–water partition coefficient (Wildman–Crippen LogP) is 12.9. The highest BCUT2D eigenvalue weighted by atomic mass is 16.3. The summed E-state index contributed by atoms with van der Waals surface area (Å²) in [5.41, 5.74) is 7.81. The highest BCUT2D eigenvalue weighted by Crippen LogP contribution is 2.52. The zero-order valence-corrected chi connectivity index (χ0v) is 24.7. The summed E-state index contributed by atoms with van der Waals surface area (Å²) in [7, 11) is 0. The van der Waals surface area contributed by atoms with Crippen molar-refractivity contribution in [3.8, 4) is 22.3 Å². The van der Waals surface area contributed by atoms with Crippen molar-refractivity contribution in [1.82, 2.24) is 0 Å². The van der Waals surface area contributed by atoms with E-state index in [2.05, 4.69) is 146 Å². The zero-order valence-electron chi connectivity index (χ0n) is 24.7. The second-order valence-corrected chi connectivity index (χ2v) is 12.4. The molecule has 9 aromatic carbocycles. The van der Waals surface area contributed by atoms with Crippen molar-refractivity contribution in [3.05, 3.63) is 146 Å². The molecule has 0 fully saturated rings. The normalized spacial score (nSPS) is 12.3. The van der Waals surface area contributed by atoms with Gasteiger partial charge in [0.05, 0.1) is 10.8 Å². The summed E-state index contributed by atoms with van der Waals surface area (Å²) in [4.78, 5) is 0. The molecule has 2 heteroatoms. The Morgan fingerprint density at radius 1 is 0.283 bits per heavy atom. The van der Waals surface area contributed by atoms with Crippen LogP contribution in [-0.2, 0) is 0 Å². The molecular formula is C44H24O2+2. The van der Waals surface area contributed by atoms with Crippen LogP contribution in [0.3, 0.4) is 0 Å². The van der Waals surface area contributed by atoms with E-state index in [1.807, 2.05) is 0 Å². The monoisotopic (exact) mass is 584 g/mol. The minimum absolute atomic E-state index is 0.869. The van der Waals surface area contributed by atoms with Crippen LogP contribution in [0.5, 0.6) is 0 Å². The van der Waals surface area contributed by atoms with Crippen LogP contribution in [0.15, 0.2) is 154 Å². The maximum Gasteiger partial charge on any atom is 0.371 e. The molecule has 2 heterocycles. The maximum absolute atomic E-state index is 7.19. The van der Waals surface area contributed by atoms with Gasteiger partial charge in [-0.3, -0.25) is 0 Å². The lowest BCUT2D eigenvalue weighted by Crippen LogP contribution is -1.95. The number of rotatable bonds is 2. The van der Waals surface area contributed by atoms with Crippen molar-refractivity contribution < 1.29 is 8.83 Å². The fourth-order valence-electron chi connectivity index (χ4n) is 8.09. The summed E-state index contributed by atoms with van der Waals surface area (Å²) in [6.45, 7) is 0. The van der Waals surface area contributed by atoms with E-state index in [9.17, 15) is 0 Å². The third-order valence-electron chi connectivity index (χ3n) is 9.97. The van der Waals surface area contributed by atoms with Crippen LogP contribution >= 0.6 is 0 Å². The van der Waals surface area contributed by atoms with Crippen LogP contribution in [-0.4, -0.2) is 0 Å². The number of benzene rings is 9. The van der Waals surface area contributed by atoms with E-state index in [0.29, 0.717) is 0 Å². The maximum atomic E-state index is 7.19. The molecule has 46 heavy (non-hydrogen) atoms. The standard InChI is InChI=1S/C44H24O2/c1-3-9-25(10-4-1)37-41-31-21-17-27-13-7-15-29-20-24-34(39(31)35(27)29)46-44(41)38(26-11-5-2-6-12-26)42-32-22-18-28-14-8-16-30-19-23-33(45-43(37)42)40(32)36(28)30/h1-24H/q+2. The Balaban J connectivity index is 1.50. The largest absolute Gasteiger partial charge is 0.371 e. The summed E-state index contributed by atoms with van der Waals surface area (Å²) in [6.07, 6.45) is 0. The van der Waals surface area contributed by atoms with E-state index in [4.69, 9.17) is 8.83 Å². The third-order valence-corrected chi connectivity index (χ3v) is 9.97. The van der Waals surface area contributed by atoms with Gasteiger partial charge in [-0.05, 0) is 44.8 Å². The average molecular weight is 585 g/mol. The van der Waals surface area contributed by atoms with Crippen molar-refractivity contribution in [2.24, 2.45) is 0 Å². The first kappa shape index (κ1) is 24.2. The molecule has 0 bridgehead atoms. The van der Waals surface area contributed by atoms with Crippen molar-refractivity contribution in [3.63, 3.8) is 0 Å². The zero-order chi connectivity index (χ0) is 29.9. The van der Waals surface area contributed by atoms with Crippen LogP contribution < -0.4 is 0 Å². The lowest BCUT2D eigenvalue weighted by Gasteiger charge is -2.13. The molecule has 0 N–H and O–H groups in total. The first-order chi connectivity index (χ1) is 22.8. The molecule has 0 spiro atoms. The van der Waals surface area contributed by atoms with Gasteiger partial charge in [0, 0.05) is 33.7 Å². The number of fused-ring (bicyclic) bond motifs is 4. The van der Waals surface area contributed by atoms with Crippen LogP contribution in [0, 0.1) is 0 Å². The SMILES string of the molecule is c1ccc(-c2c3[o+]c4ccc5cccc6ccc(c3c(-c3ccccc3)c3[o+]c7ccc8cccc9ccc(c23)c7c89)c4c56)cc1. The van der Waals surface area contributed by atoms with Gasteiger partial charge in [-0.15, -0.1) is 0 Å². The van der Waals surface area contributed by atoms with E-state index in [-0.39, 0.29) is 0 Å². The molecule has 0 unspecified atom stereocenters. The Kier molecular flexibility index (Phi) is 4.61. The molecule has 0 aliphatic carbocycles. The molecule has 0 aliphatic heterocycles. The van der Waals surface area contributed by atoms with Crippen molar-refractivity contribution in [2.75, 3.05) is 0 Å². The van der Waals surface area contributed by atoms with Gasteiger partial charge in [0.1, 0.15) is 21.9 Å². The van der Waals surface area contributed by atoms with Crippen LogP contribution in [0.2, 0.25) is 0 Å². The first-order valence-electron chi connectivity index (χ1n) is 15.8. The van der Waals surface area contributed by atoms with Gasteiger partial charge in [-0.25, -0.2) is 8.83 Å². The second kappa shape index (κ2) is 8.74. The molecule has 2 aromatic heterocycles. The minimum Gasteiger partial charge on any atom is -0.206 e. The van der Waals surface area contributed by atoms with Gasteiger partial charge in [-0.2, -0.15) is 0 Å². The number of hydrogen-bond acceptors (Lipinski definition) is 0. The van der Waals surface area contributed by atoms with Gasteiger partial charge in [0.2, 0.25) is 0 Å². The quantitative estimate of drug-likeness (QED) is 0.115. The highest BCUT2D eigenvalue weighted by Gasteiger charge is 2.36. The fraction of sp³-hybridized carbons (Fsp3) is 0. The molecule has 0 saturated heterocycles. The third kappa shape index (κ3) is 3.05. The van der Waals surface area contributed by atoms with E-state index in [1.54, 1.807) is 0 Å². The van der Waals surface area contributed by atoms with Gasteiger partial charge in [0.15, 0.2) is 0 Å².